The molecule has 3 rings (SSSR count). The summed E-state index contributed by atoms with van der Waals surface area (Å²) < 4.78 is 0. The minimum absolute atomic E-state index is 0.00934. The molecule has 24 heavy (non-hydrogen) atoms. The number of anilines is 2. The summed E-state index contributed by atoms with van der Waals surface area (Å²) in [7, 11) is 2.06. The third-order valence-electron chi connectivity index (χ3n) is 4.61. The Morgan fingerprint density at radius 2 is 2.08 bits per heavy atom. The fourth-order valence-electron chi connectivity index (χ4n) is 3.15. The number of para-hydroxylation sites is 1. The molecule has 126 valence electrons. The van der Waals surface area contributed by atoms with Gasteiger partial charge in [0, 0.05) is 25.8 Å². The number of hydrogen-bond acceptors (Lipinski definition) is 3. The van der Waals surface area contributed by atoms with Crippen LogP contribution in [0.4, 0.5) is 11.4 Å². The second-order valence-electron chi connectivity index (χ2n) is 6.37. The van der Waals surface area contributed by atoms with Crippen LogP contribution in [0.1, 0.15) is 42.2 Å². The average molecular weight is 323 g/mol. The first-order valence-corrected chi connectivity index (χ1v) is 8.77. The Morgan fingerprint density at radius 1 is 1.25 bits per heavy atom. The molecule has 0 fully saturated rings. The molecule has 0 unspecified atom stereocenters. The van der Waals surface area contributed by atoms with Crippen molar-refractivity contribution in [3.63, 3.8) is 0 Å². The number of carbonyl (C=O) groups is 1. The highest BCUT2D eigenvalue weighted by Crippen LogP contribution is 2.28. The molecule has 0 saturated heterocycles. The number of amides is 1. The van der Waals surface area contributed by atoms with Gasteiger partial charge in [-0.15, -0.1) is 0 Å². The van der Waals surface area contributed by atoms with Crippen LogP contribution in [-0.2, 0) is 6.42 Å². The van der Waals surface area contributed by atoms with Gasteiger partial charge in [-0.2, -0.15) is 0 Å². The maximum absolute atomic E-state index is 12.9. The van der Waals surface area contributed by atoms with Crippen molar-refractivity contribution >= 4 is 17.3 Å². The lowest BCUT2D eigenvalue weighted by Gasteiger charge is -2.29. The first-order chi connectivity index (χ1) is 11.7. The summed E-state index contributed by atoms with van der Waals surface area (Å²) in [5.74, 6) is -0.00934. The number of nitrogens with zero attached hydrogens (tertiary/aromatic N) is 3. The molecule has 1 aromatic carbocycles. The molecule has 0 saturated carbocycles. The topological polar surface area (TPSA) is 36.4 Å². The van der Waals surface area contributed by atoms with Gasteiger partial charge >= 0.3 is 0 Å². The molecule has 0 radical (unpaired) electrons. The molecule has 2 heterocycles. The molecule has 0 aliphatic carbocycles. The van der Waals surface area contributed by atoms with E-state index in [1.807, 2.05) is 35.2 Å². The summed E-state index contributed by atoms with van der Waals surface area (Å²) >= 11 is 0. The molecule has 4 heteroatoms. The smallest absolute Gasteiger partial charge is 0.276 e. The molecule has 1 aliphatic heterocycles. The predicted octanol–water partition coefficient (Wildman–Crippen LogP) is 3.91. The predicted molar refractivity (Wildman–Crippen MR) is 98.9 cm³/mol. The maximum atomic E-state index is 12.9. The first kappa shape index (κ1) is 16.5. The monoisotopic (exact) mass is 323 g/mol. The lowest BCUT2D eigenvalue weighted by atomic mass is 10.0. The average Bonchev–Trinajstić information content (AvgIpc) is 2.65. The highest BCUT2D eigenvalue weighted by atomic mass is 16.2. The molecule has 0 N–H and O–H groups in total. The Hall–Kier alpha value is -2.36. The second-order valence-corrected chi connectivity index (χ2v) is 6.37. The number of rotatable bonds is 5. The Morgan fingerprint density at radius 3 is 2.83 bits per heavy atom. The van der Waals surface area contributed by atoms with Gasteiger partial charge in [0.1, 0.15) is 5.69 Å². The highest BCUT2D eigenvalue weighted by molar-refractivity contribution is 6.05. The quantitative estimate of drug-likeness (QED) is 0.837. The largest absolute Gasteiger partial charge is 0.373 e. The molecular weight excluding hydrogens is 298 g/mol. The summed E-state index contributed by atoms with van der Waals surface area (Å²) in [6.45, 7) is 3.95. The number of pyridine rings is 1. The van der Waals surface area contributed by atoms with Crippen molar-refractivity contribution in [3.05, 3.63) is 53.9 Å². The van der Waals surface area contributed by atoms with Crippen LogP contribution in [0.2, 0.25) is 0 Å². The molecule has 2 aromatic rings. The van der Waals surface area contributed by atoms with Gasteiger partial charge in [-0.3, -0.25) is 4.79 Å². The van der Waals surface area contributed by atoms with Gasteiger partial charge in [0.05, 0.1) is 11.9 Å². The van der Waals surface area contributed by atoms with E-state index in [1.165, 1.54) is 12.0 Å². The first-order valence-electron chi connectivity index (χ1n) is 8.77. The number of aryl methyl sites for hydroxylation is 1. The van der Waals surface area contributed by atoms with Crippen LogP contribution in [0.3, 0.4) is 0 Å². The van der Waals surface area contributed by atoms with E-state index in [9.17, 15) is 4.79 Å². The second kappa shape index (κ2) is 7.47. The van der Waals surface area contributed by atoms with Crippen LogP contribution in [0.5, 0.6) is 0 Å². The van der Waals surface area contributed by atoms with Gasteiger partial charge < -0.3 is 9.80 Å². The summed E-state index contributed by atoms with van der Waals surface area (Å²) in [6.07, 6.45) is 6.17. The summed E-state index contributed by atoms with van der Waals surface area (Å²) in [4.78, 5) is 21.3. The van der Waals surface area contributed by atoms with Crippen LogP contribution in [-0.4, -0.2) is 31.0 Å². The lowest BCUT2D eigenvalue weighted by Crippen LogP contribution is -2.36. The van der Waals surface area contributed by atoms with E-state index in [-0.39, 0.29) is 5.91 Å². The number of unbranched alkanes of at least 4 members (excludes halogenated alkanes) is 1. The fraction of sp³-hybridized carbons (Fsp3) is 0.400. The van der Waals surface area contributed by atoms with Gasteiger partial charge in [-0.05, 0) is 43.0 Å². The van der Waals surface area contributed by atoms with E-state index >= 15 is 0 Å². The number of hydrogen-bond donors (Lipinski definition) is 0. The van der Waals surface area contributed by atoms with E-state index < -0.39 is 0 Å². The number of carbonyl (C=O) groups excluding carboxylic acids is 1. The van der Waals surface area contributed by atoms with Gasteiger partial charge in [0.25, 0.3) is 5.91 Å². The van der Waals surface area contributed by atoms with E-state index in [4.69, 9.17) is 0 Å². The minimum Gasteiger partial charge on any atom is -0.373 e. The number of benzene rings is 1. The van der Waals surface area contributed by atoms with Crippen molar-refractivity contribution in [3.8, 4) is 0 Å². The van der Waals surface area contributed by atoms with Gasteiger partial charge in [-0.1, -0.05) is 31.5 Å². The summed E-state index contributed by atoms with van der Waals surface area (Å²) in [5, 5.41) is 0. The zero-order valence-corrected chi connectivity index (χ0v) is 14.5. The SMILES string of the molecule is CCCCN(C)c1ccc(C(=O)N2CCCc3ccccc32)nc1. The Labute approximate surface area is 144 Å². The lowest BCUT2D eigenvalue weighted by molar-refractivity contribution is 0.0980. The third-order valence-corrected chi connectivity index (χ3v) is 4.61. The van der Waals surface area contributed by atoms with Crippen LogP contribution >= 0.6 is 0 Å². The van der Waals surface area contributed by atoms with Crippen molar-refractivity contribution < 1.29 is 4.79 Å². The summed E-state index contributed by atoms with van der Waals surface area (Å²) in [5.41, 5.74) is 3.84. The number of aromatic nitrogens is 1. The maximum Gasteiger partial charge on any atom is 0.276 e. The molecular formula is C20H25N3O. The minimum atomic E-state index is -0.00934. The van der Waals surface area contributed by atoms with E-state index in [2.05, 4.69) is 29.9 Å². The Balaban J connectivity index is 1.77. The van der Waals surface area contributed by atoms with Crippen LogP contribution in [0.15, 0.2) is 42.6 Å². The van der Waals surface area contributed by atoms with Gasteiger partial charge in [-0.25, -0.2) is 4.98 Å². The zero-order chi connectivity index (χ0) is 16.9. The van der Waals surface area contributed by atoms with E-state index in [0.717, 1.165) is 43.7 Å². The van der Waals surface area contributed by atoms with Crippen LogP contribution in [0.25, 0.3) is 0 Å². The number of fused-ring (bicyclic) bond motifs is 1. The van der Waals surface area contributed by atoms with Crippen molar-refractivity contribution in [2.24, 2.45) is 0 Å². The summed E-state index contributed by atoms with van der Waals surface area (Å²) in [6, 6.07) is 12.0. The van der Waals surface area contributed by atoms with Crippen molar-refractivity contribution in [2.45, 2.75) is 32.6 Å². The van der Waals surface area contributed by atoms with Gasteiger partial charge in [0.2, 0.25) is 0 Å². The van der Waals surface area contributed by atoms with Gasteiger partial charge in [0.15, 0.2) is 0 Å². The van der Waals surface area contributed by atoms with E-state index in [1.54, 1.807) is 6.20 Å². The van der Waals surface area contributed by atoms with Crippen LogP contribution < -0.4 is 9.80 Å². The standard InChI is InChI=1S/C20H25N3O/c1-3-4-13-22(2)17-11-12-18(21-15-17)20(24)23-14-7-9-16-8-5-6-10-19(16)23/h5-6,8,10-12,15H,3-4,7,9,13-14H2,1-2H3. The van der Waals surface area contributed by atoms with Crippen LogP contribution in [0, 0.1) is 0 Å². The molecule has 4 nitrogen and oxygen atoms in total. The highest BCUT2D eigenvalue weighted by Gasteiger charge is 2.24. The normalized spacial score (nSPS) is 13.5. The Bertz CT molecular complexity index is 696. The molecule has 1 aromatic heterocycles. The Kier molecular flexibility index (Phi) is 5.14. The molecule has 0 spiro atoms. The fourth-order valence-corrected chi connectivity index (χ4v) is 3.15. The third kappa shape index (κ3) is 3.42. The molecule has 0 atom stereocenters. The van der Waals surface area contributed by atoms with Crippen molar-refractivity contribution in [1.29, 1.82) is 0 Å². The molecule has 0 bridgehead atoms. The van der Waals surface area contributed by atoms with Crippen molar-refractivity contribution in [2.75, 3.05) is 29.9 Å². The van der Waals surface area contributed by atoms with E-state index in [0.29, 0.717) is 5.69 Å². The molecule has 1 amide bonds. The zero-order valence-electron chi connectivity index (χ0n) is 14.5. The van der Waals surface area contributed by atoms with Crippen molar-refractivity contribution in [1.82, 2.24) is 4.98 Å². The molecule has 1 aliphatic rings.